The van der Waals surface area contributed by atoms with Crippen LogP contribution in [0, 0.1) is 0 Å². The lowest BCUT2D eigenvalue weighted by Gasteiger charge is -2.32. The number of rotatable bonds is 72. The monoisotopic (exact) mass is 1200 g/mol. The van der Waals surface area contributed by atoms with Gasteiger partial charge in [-0.1, -0.05) is 403 Å². The van der Waals surface area contributed by atoms with Crippen LogP contribution in [0.2, 0.25) is 0 Å². The van der Waals surface area contributed by atoms with Crippen molar-refractivity contribution in [1.29, 1.82) is 0 Å². The summed E-state index contributed by atoms with van der Waals surface area (Å²) in [6, 6.07) is 9.61. The van der Waals surface area contributed by atoms with Crippen LogP contribution in [0.25, 0.3) is 0 Å². The highest BCUT2D eigenvalue weighted by atomic mass is 16.7. The minimum absolute atomic E-state index is 0.0661. The SMILES string of the molecule is CCCCCCCCCCCCCCCCCCCCCCOCCCCCCCCCCCCOC1(OCCCCCCCCCCCCOCCCCCCCCCCCCCCCCCCCCCC)C=CC(C(=O)c2ccccc2)=CC1. The molecule has 0 spiro atoms. The second-order valence-corrected chi connectivity index (χ2v) is 27.1. The van der Waals surface area contributed by atoms with E-state index in [1.807, 2.05) is 48.6 Å². The van der Waals surface area contributed by atoms with Gasteiger partial charge in [-0.05, 0) is 44.6 Å². The Morgan fingerprint density at radius 1 is 0.302 bits per heavy atom. The zero-order valence-corrected chi connectivity index (χ0v) is 58.0. The van der Waals surface area contributed by atoms with Crippen LogP contribution in [-0.4, -0.2) is 51.2 Å². The van der Waals surface area contributed by atoms with Crippen molar-refractivity contribution in [1.82, 2.24) is 0 Å². The Morgan fingerprint density at radius 2 is 0.523 bits per heavy atom. The Balaban J connectivity index is 1.36. The summed E-state index contributed by atoms with van der Waals surface area (Å²) in [7, 11) is 0. The molecule has 2 rings (SSSR count). The first-order chi connectivity index (χ1) is 42.7. The van der Waals surface area contributed by atoms with Gasteiger partial charge >= 0.3 is 0 Å². The third-order valence-corrected chi connectivity index (χ3v) is 18.8. The molecule has 0 heterocycles. The molecule has 1 aliphatic carbocycles. The standard InChI is InChI=1S/C81H148O5/c1-3-5-7-9-11-13-15-17-19-21-23-25-27-29-31-33-39-45-51-60-72-83-74-62-53-47-41-35-37-43-49-55-64-76-85-81(70-68-79(69-71-81)80(82)78-66-58-57-59-67-78)86-77-65-56-50-44-38-36-42-48-54-63-75-84-73-61-52-46-40-34-32-30-28-26-24-22-20-18-16-14-12-10-8-6-4-2/h57-59,66-70H,3-56,60-65,71-77H2,1-2H3. The van der Waals surface area contributed by atoms with Crippen LogP contribution in [0.4, 0.5) is 0 Å². The first-order valence-corrected chi connectivity index (χ1v) is 39.1. The zero-order chi connectivity index (χ0) is 61.1. The van der Waals surface area contributed by atoms with E-state index in [2.05, 4.69) is 13.8 Å². The molecule has 1 aromatic carbocycles. The summed E-state index contributed by atoms with van der Waals surface area (Å²) >= 11 is 0. The highest BCUT2D eigenvalue weighted by molar-refractivity contribution is 6.10. The lowest BCUT2D eigenvalue weighted by Crippen LogP contribution is -2.36. The van der Waals surface area contributed by atoms with E-state index in [-0.39, 0.29) is 5.78 Å². The van der Waals surface area contributed by atoms with Crippen molar-refractivity contribution >= 4 is 5.78 Å². The number of carbonyl (C=O) groups is 1. The van der Waals surface area contributed by atoms with Gasteiger partial charge in [0.25, 0.3) is 0 Å². The summed E-state index contributed by atoms with van der Waals surface area (Å²) in [5, 5.41) is 0. The molecule has 0 fully saturated rings. The maximum Gasteiger partial charge on any atom is 0.192 e. The van der Waals surface area contributed by atoms with Crippen LogP contribution in [0.3, 0.4) is 0 Å². The van der Waals surface area contributed by atoms with Gasteiger partial charge in [0.2, 0.25) is 0 Å². The predicted octanol–water partition coefficient (Wildman–Crippen LogP) is 27.0. The van der Waals surface area contributed by atoms with Crippen LogP contribution >= 0.6 is 0 Å². The van der Waals surface area contributed by atoms with Crippen LogP contribution in [0.1, 0.15) is 416 Å². The smallest absolute Gasteiger partial charge is 0.192 e. The molecule has 0 aliphatic heterocycles. The van der Waals surface area contributed by atoms with Gasteiger partial charge in [0, 0.05) is 44.0 Å². The Kier molecular flexibility index (Phi) is 61.8. The van der Waals surface area contributed by atoms with E-state index >= 15 is 0 Å². The normalized spacial score (nSPS) is 13.1. The van der Waals surface area contributed by atoms with Crippen LogP contribution in [0.5, 0.6) is 0 Å². The molecule has 5 nitrogen and oxygen atoms in total. The lowest BCUT2D eigenvalue weighted by molar-refractivity contribution is -0.204. The molecule has 0 aromatic heterocycles. The molecule has 0 bridgehead atoms. The summed E-state index contributed by atoms with van der Waals surface area (Å²) in [6.45, 7) is 9.80. The Bertz CT molecular complexity index is 1480. The minimum Gasteiger partial charge on any atom is -0.381 e. The van der Waals surface area contributed by atoms with Crippen LogP contribution < -0.4 is 0 Å². The predicted molar refractivity (Wildman–Crippen MR) is 377 cm³/mol. The van der Waals surface area contributed by atoms with E-state index in [0.717, 1.165) is 50.4 Å². The average molecular weight is 1200 g/mol. The van der Waals surface area contributed by atoms with Gasteiger partial charge in [0.05, 0.1) is 13.2 Å². The Hall–Kier alpha value is -1.79. The van der Waals surface area contributed by atoms with E-state index in [9.17, 15) is 4.79 Å². The summed E-state index contributed by atoms with van der Waals surface area (Å²) in [4.78, 5) is 13.2. The highest BCUT2D eigenvalue weighted by Gasteiger charge is 2.31. The summed E-state index contributed by atoms with van der Waals surface area (Å²) in [5.41, 5.74) is 1.46. The quantitative estimate of drug-likeness (QED) is 0.0370. The first kappa shape index (κ1) is 80.3. The van der Waals surface area contributed by atoms with Crippen molar-refractivity contribution in [2.75, 3.05) is 39.6 Å². The number of allylic oxidation sites excluding steroid dienone is 2. The highest BCUT2D eigenvalue weighted by Crippen LogP contribution is 2.30. The van der Waals surface area contributed by atoms with Crippen molar-refractivity contribution < 1.29 is 23.7 Å². The number of hydrogen-bond donors (Lipinski definition) is 0. The molecule has 0 unspecified atom stereocenters. The summed E-state index contributed by atoms with van der Waals surface area (Å²) in [6.07, 6.45) is 89.3. The summed E-state index contributed by atoms with van der Waals surface area (Å²) in [5.74, 6) is -0.706. The number of benzene rings is 1. The maximum atomic E-state index is 13.2. The van der Waals surface area contributed by atoms with Gasteiger partial charge in [-0.25, -0.2) is 0 Å². The van der Waals surface area contributed by atoms with E-state index in [1.165, 1.54) is 372 Å². The molecule has 0 atom stereocenters. The maximum absolute atomic E-state index is 13.2. The van der Waals surface area contributed by atoms with Crippen LogP contribution in [-0.2, 0) is 18.9 Å². The topological polar surface area (TPSA) is 54.0 Å². The lowest BCUT2D eigenvalue weighted by atomic mass is 9.95. The molecule has 5 heteroatoms. The fraction of sp³-hybridized carbons (Fsp3) is 0.864. The van der Waals surface area contributed by atoms with Crippen molar-refractivity contribution in [3.63, 3.8) is 0 Å². The van der Waals surface area contributed by atoms with Crippen LogP contribution in [0.15, 0.2) is 54.1 Å². The van der Waals surface area contributed by atoms with Gasteiger partial charge in [-0.3, -0.25) is 4.79 Å². The molecule has 1 aromatic rings. The average Bonchev–Trinajstić information content (AvgIpc) is 3.63. The second-order valence-electron chi connectivity index (χ2n) is 27.1. The molecule has 0 N–H and O–H groups in total. The van der Waals surface area contributed by atoms with Gasteiger partial charge in [-0.2, -0.15) is 0 Å². The van der Waals surface area contributed by atoms with E-state index in [1.54, 1.807) is 0 Å². The Morgan fingerprint density at radius 3 is 0.744 bits per heavy atom. The fourth-order valence-electron chi connectivity index (χ4n) is 12.8. The molecular formula is C81H148O5. The molecule has 0 saturated heterocycles. The van der Waals surface area contributed by atoms with Gasteiger partial charge in [0.15, 0.2) is 11.6 Å². The third kappa shape index (κ3) is 54.0. The molecule has 502 valence electrons. The van der Waals surface area contributed by atoms with E-state index in [4.69, 9.17) is 18.9 Å². The number of ether oxygens (including phenoxy) is 4. The number of unbranched alkanes of at least 4 members (excludes halogenated alkanes) is 56. The van der Waals surface area contributed by atoms with Crippen molar-refractivity contribution in [2.45, 2.75) is 411 Å². The molecule has 0 saturated carbocycles. The third-order valence-electron chi connectivity index (χ3n) is 18.8. The first-order valence-electron chi connectivity index (χ1n) is 39.1. The largest absolute Gasteiger partial charge is 0.381 e. The van der Waals surface area contributed by atoms with Gasteiger partial charge in [0.1, 0.15) is 0 Å². The molecular weight excluding hydrogens is 1050 g/mol. The van der Waals surface area contributed by atoms with Gasteiger partial charge in [-0.15, -0.1) is 0 Å². The minimum atomic E-state index is -0.772. The van der Waals surface area contributed by atoms with Crippen molar-refractivity contribution in [2.24, 2.45) is 0 Å². The van der Waals surface area contributed by atoms with Crippen molar-refractivity contribution in [3.05, 3.63) is 59.7 Å². The number of hydrogen-bond acceptors (Lipinski definition) is 5. The molecule has 86 heavy (non-hydrogen) atoms. The van der Waals surface area contributed by atoms with Crippen molar-refractivity contribution in [3.8, 4) is 0 Å². The number of carbonyl (C=O) groups excluding carboxylic acids is 1. The number of ketones is 1. The molecule has 1 aliphatic rings. The Labute approximate surface area is 537 Å². The molecule has 0 radical (unpaired) electrons. The molecule has 0 amide bonds. The second kappa shape index (κ2) is 66.1. The summed E-state index contributed by atoms with van der Waals surface area (Å²) < 4.78 is 25.1. The van der Waals surface area contributed by atoms with Gasteiger partial charge < -0.3 is 18.9 Å². The zero-order valence-electron chi connectivity index (χ0n) is 58.0. The van der Waals surface area contributed by atoms with E-state index in [0.29, 0.717) is 19.6 Å². The fourth-order valence-corrected chi connectivity index (χ4v) is 12.8. The number of Topliss-reactive ketones (excluding diaryl/α,β-unsaturated/α-hetero) is 1. The van der Waals surface area contributed by atoms with E-state index < -0.39 is 5.79 Å².